The number of hydrogen-bond donors (Lipinski definition) is 1. The van der Waals surface area contributed by atoms with Crippen LogP contribution in [-0.2, 0) is 4.79 Å². The van der Waals surface area contributed by atoms with E-state index in [0.717, 1.165) is 16.7 Å². The Bertz CT molecular complexity index is 805. The van der Waals surface area contributed by atoms with Crippen molar-refractivity contribution in [2.45, 2.75) is 19.9 Å². The van der Waals surface area contributed by atoms with E-state index in [1.54, 1.807) is 6.26 Å². The Labute approximate surface area is 147 Å². The highest BCUT2D eigenvalue weighted by molar-refractivity contribution is 5.78. The number of nitrogens with one attached hydrogen (secondary N) is 1. The van der Waals surface area contributed by atoms with Crippen LogP contribution in [0.3, 0.4) is 0 Å². The highest BCUT2D eigenvalue weighted by atomic mass is 16.5. The maximum absolute atomic E-state index is 12.4. The first-order chi connectivity index (χ1) is 12.1. The number of carbonyl (C=O) groups is 1. The van der Waals surface area contributed by atoms with Crippen LogP contribution in [0, 0.1) is 13.8 Å². The first kappa shape index (κ1) is 16.8. The quantitative estimate of drug-likeness (QED) is 0.735. The molecule has 0 fully saturated rings. The van der Waals surface area contributed by atoms with E-state index in [1.807, 2.05) is 68.4 Å². The van der Waals surface area contributed by atoms with Gasteiger partial charge in [0.15, 0.2) is 6.61 Å². The smallest absolute Gasteiger partial charge is 0.258 e. The fourth-order valence-corrected chi connectivity index (χ4v) is 2.79. The summed E-state index contributed by atoms with van der Waals surface area (Å²) in [6, 6.07) is 18.9. The number of furan rings is 1. The van der Waals surface area contributed by atoms with E-state index in [9.17, 15) is 4.79 Å². The molecule has 0 aliphatic rings. The van der Waals surface area contributed by atoms with Gasteiger partial charge in [-0.25, -0.2) is 0 Å². The van der Waals surface area contributed by atoms with Crippen molar-refractivity contribution in [3.63, 3.8) is 0 Å². The Morgan fingerprint density at radius 3 is 2.40 bits per heavy atom. The van der Waals surface area contributed by atoms with Crippen LogP contribution in [0.5, 0.6) is 5.75 Å². The van der Waals surface area contributed by atoms with Crippen molar-refractivity contribution in [3.05, 3.63) is 89.4 Å². The molecular weight excluding hydrogens is 314 g/mol. The molecule has 128 valence electrons. The topological polar surface area (TPSA) is 51.5 Å². The molecule has 4 nitrogen and oxygen atoms in total. The lowest BCUT2D eigenvalue weighted by Crippen LogP contribution is -2.33. The number of carbonyl (C=O) groups excluding carboxylic acids is 1. The third kappa shape index (κ3) is 4.51. The molecule has 0 saturated carbocycles. The zero-order chi connectivity index (χ0) is 17.6. The summed E-state index contributed by atoms with van der Waals surface area (Å²) >= 11 is 0. The van der Waals surface area contributed by atoms with Gasteiger partial charge in [-0.1, -0.05) is 36.4 Å². The molecule has 0 aliphatic heterocycles. The number of rotatable bonds is 6. The zero-order valence-electron chi connectivity index (χ0n) is 14.4. The largest absolute Gasteiger partial charge is 0.484 e. The molecule has 2 aromatic carbocycles. The van der Waals surface area contributed by atoms with E-state index in [0.29, 0.717) is 11.5 Å². The van der Waals surface area contributed by atoms with Crippen molar-refractivity contribution < 1.29 is 13.9 Å². The van der Waals surface area contributed by atoms with Crippen LogP contribution < -0.4 is 10.1 Å². The van der Waals surface area contributed by atoms with Gasteiger partial charge in [-0.05, 0) is 54.8 Å². The van der Waals surface area contributed by atoms with Crippen LogP contribution in [-0.4, -0.2) is 12.5 Å². The van der Waals surface area contributed by atoms with Gasteiger partial charge < -0.3 is 14.5 Å². The molecule has 0 aliphatic carbocycles. The van der Waals surface area contributed by atoms with Crippen molar-refractivity contribution in [1.82, 2.24) is 5.32 Å². The second kappa shape index (κ2) is 7.71. The van der Waals surface area contributed by atoms with Crippen molar-refractivity contribution in [2.24, 2.45) is 0 Å². The van der Waals surface area contributed by atoms with E-state index in [2.05, 4.69) is 11.4 Å². The van der Waals surface area contributed by atoms with Crippen LogP contribution in [0.15, 0.2) is 71.3 Å². The molecule has 1 aromatic heterocycles. The Morgan fingerprint density at radius 1 is 1.04 bits per heavy atom. The summed E-state index contributed by atoms with van der Waals surface area (Å²) in [5, 5.41) is 2.98. The van der Waals surface area contributed by atoms with Gasteiger partial charge in [-0.3, -0.25) is 4.79 Å². The molecule has 0 radical (unpaired) electrons. The minimum atomic E-state index is -0.341. The van der Waals surface area contributed by atoms with Gasteiger partial charge in [0, 0.05) is 0 Å². The Morgan fingerprint density at radius 2 is 1.76 bits per heavy atom. The fraction of sp³-hybridized carbons (Fsp3) is 0.190. The molecule has 3 rings (SSSR count). The Kier molecular flexibility index (Phi) is 5.19. The predicted octanol–water partition coefficient (Wildman–Crippen LogP) is 4.18. The van der Waals surface area contributed by atoms with Crippen molar-refractivity contribution in [3.8, 4) is 5.75 Å². The average molecular weight is 335 g/mol. The molecule has 1 heterocycles. The van der Waals surface area contributed by atoms with Crippen LogP contribution >= 0.6 is 0 Å². The third-order valence-electron chi connectivity index (χ3n) is 3.83. The monoisotopic (exact) mass is 335 g/mol. The molecule has 3 aromatic rings. The second-order valence-corrected chi connectivity index (χ2v) is 6.04. The minimum absolute atomic E-state index is 0.0487. The van der Waals surface area contributed by atoms with E-state index >= 15 is 0 Å². The number of aryl methyl sites for hydroxylation is 2. The molecular formula is C21H21NO3. The Balaban J connectivity index is 1.68. The van der Waals surface area contributed by atoms with E-state index in [1.165, 1.54) is 0 Å². The number of ether oxygens (including phenoxy) is 1. The minimum Gasteiger partial charge on any atom is -0.484 e. The van der Waals surface area contributed by atoms with Gasteiger partial charge in [0.05, 0.1) is 6.26 Å². The highest BCUT2D eigenvalue weighted by Gasteiger charge is 2.19. The first-order valence-electron chi connectivity index (χ1n) is 8.20. The van der Waals surface area contributed by atoms with Gasteiger partial charge >= 0.3 is 0 Å². The molecule has 4 heteroatoms. The van der Waals surface area contributed by atoms with Crippen LogP contribution in [0.4, 0.5) is 0 Å². The first-order valence-corrected chi connectivity index (χ1v) is 8.20. The van der Waals surface area contributed by atoms with E-state index in [4.69, 9.17) is 9.15 Å². The van der Waals surface area contributed by atoms with Crippen LogP contribution in [0.1, 0.15) is 28.5 Å². The summed E-state index contributed by atoms with van der Waals surface area (Å²) in [5.74, 6) is 1.18. The van der Waals surface area contributed by atoms with Crippen LogP contribution in [0.2, 0.25) is 0 Å². The van der Waals surface area contributed by atoms with Crippen molar-refractivity contribution >= 4 is 5.91 Å². The van der Waals surface area contributed by atoms with Gasteiger partial charge in [0.25, 0.3) is 5.91 Å². The normalized spacial score (nSPS) is 11.8. The van der Waals surface area contributed by atoms with Gasteiger partial charge in [0.2, 0.25) is 0 Å². The summed E-state index contributed by atoms with van der Waals surface area (Å²) in [4.78, 5) is 12.4. The second-order valence-electron chi connectivity index (χ2n) is 6.04. The standard InChI is InChI=1S/C21H21NO3/c1-15-11-16(2)13-18(12-15)25-14-20(23)22-21(19-9-6-10-24-19)17-7-4-3-5-8-17/h3-13,21H,14H2,1-2H3,(H,22,23)/t21-/m1/s1. The van der Waals surface area contributed by atoms with E-state index in [-0.39, 0.29) is 18.6 Å². The maximum atomic E-state index is 12.4. The molecule has 1 amide bonds. The maximum Gasteiger partial charge on any atom is 0.258 e. The van der Waals surface area contributed by atoms with Gasteiger partial charge in [0.1, 0.15) is 17.6 Å². The molecule has 0 saturated heterocycles. The lowest BCUT2D eigenvalue weighted by Gasteiger charge is -2.17. The van der Waals surface area contributed by atoms with Crippen molar-refractivity contribution in [2.75, 3.05) is 6.61 Å². The predicted molar refractivity (Wildman–Crippen MR) is 96.5 cm³/mol. The number of benzene rings is 2. The number of hydrogen-bond acceptors (Lipinski definition) is 3. The lowest BCUT2D eigenvalue weighted by molar-refractivity contribution is -0.123. The molecule has 0 spiro atoms. The molecule has 0 unspecified atom stereocenters. The highest BCUT2D eigenvalue weighted by Crippen LogP contribution is 2.22. The van der Waals surface area contributed by atoms with E-state index < -0.39 is 0 Å². The third-order valence-corrected chi connectivity index (χ3v) is 3.83. The molecule has 0 bridgehead atoms. The molecule has 25 heavy (non-hydrogen) atoms. The average Bonchev–Trinajstić information content (AvgIpc) is 3.12. The van der Waals surface area contributed by atoms with Gasteiger partial charge in [-0.2, -0.15) is 0 Å². The zero-order valence-corrected chi connectivity index (χ0v) is 14.4. The summed E-state index contributed by atoms with van der Waals surface area (Å²) < 4.78 is 11.1. The summed E-state index contributed by atoms with van der Waals surface area (Å²) in [6.07, 6.45) is 1.60. The molecule has 1 atom stereocenters. The van der Waals surface area contributed by atoms with Gasteiger partial charge in [-0.15, -0.1) is 0 Å². The summed E-state index contributed by atoms with van der Waals surface area (Å²) in [6.45, 7) is 3.96. The number of amides is 1. The van der Waals surface area contributed by atoms with Crippen molar-refractivity contribution in [1.29, 1.82) is 0 Å². The summed E-state index contributed by atoms with van der Waals surface area (Å²) in [7, 11) is 0. The SMILES string of the molecule is Cc1cc(C)cc(OCC(=O)N[C@H](c2ccccc2)c2ccco2)c1. The fourth-order valence-electron chi connectivity index (χ4n) is 2.79. The summed E-state index contributed by atoms with van der Waals surface area (Å²) in [5.41, 5.74) is 3.17. The van der Waals surface area contributed by atoms with Crippen LogP contribution in [0.25, 0.3) is 0 Å². The molecule has 1 N–H and O–H groups in total. The Hall–Kier alpha value is -3.01. The lowest BCUT2D eigenvalue weighted by atomic mass is 10.0.